The summed E-state index contributed by atoms with van der Waals surface area (Å²) in [6.07, 6.45) is 6.59. The van der Waals surface area contributed by atoms with Crippen molar-refractivity contribution in [3.63, 3.8) is 0 Å². The van der Waals surface area contributed by atoms with Crippen LogP contribution < -0.4 is 16.0 Å². The summed E-state index contributed by atoms with van der Waals surface area (Å²) in [4.78, 5) is 9.44. The Labute approximate surface area is 171 Å². The molecule has 1 saturated carbocycles. The number of hydrogen-bond donors (Lipinski definition) is 3. The van der Waals surface area contributed by atoms with Gasteiger partial charge in [0.25, 0.3) is 0 Å². The number of benzene rings is 1. The standard InChI is InChI=1S/C23H24N6/c1-16-15-25-23(27-18-10-5-6-11-18)29-22(16)19(14-24)20-12-7-13-21(28-20)26-17-8-3-2-4-9-17/h2-4,7-9,12-13,15,18H,5-6,10-11H2,1H3,(H,26,28)(H2,25,27,29)/b22-19+. The second-order valence-electron chi connectivity index (χ2n) is 7.27. The van der Waals surface area contributed by atoms with E-state index in [0.29, 0.717) is 29.1 Å². The molecule has 2 aliphatic rings. The van der Waals surface area contributed by atoms with Crippen LogP contribution in [0.1, 0.15) is 38.3 Å². The van der Waals surface area contributed by atoms with Crippen molar-refractivity contribution in [2.45, 2.75) is 38.6 Å². The van der Waals surface area contributed by atoms with Gasteiger partial charge >= 0.3 is 0 Å². The van der Waals surface area contributed by atoms with Crippen LogP contribution in [-0.2, 0) is 0 Å². The number of nitrogens with one attached hydrogen (secondary N) is 3. The molecule has 1 aromatic heterocycles. The summed E-state index contributed by atoms with van der Waals surface area (Å²) in [5.74, 6) is 1.39. The molecule has 0 atom stereocenters. The number of anilines is 2. The van der Waals surface area contributed by atoms with E-state index in [-0.39, 0.29) is 0 Å². The van der Waals surface area contributed by atoms with Crippen molar-refractivity contribution < 1.29 is 0 Å². The smallest absolute Gasteiger partial charge is 0.200 e. The molecule has 1 aromatic carbocycles. The maximum absolute atomic E-state index is 9.90. The summed E-state index contributed by atoms with van der Waals surface area (Å²) in [5.41, 5.74) is 3.75. The minimum atomic E-state index is 0.347. The van der Waals surface area contributed by atoms with Crippen molar-refractivity contribution in [1.29, 1.82) is 5.26 Å². The van der Waals surface area contributed by atoms with Crippen LogP contribution in [0.15, 0.2) is 71.0 Å². The second kappa shape index (κ2) is 8.61. The van der Waals surface area contributed by atoms with E-state index >= 15 is 0 Å². The van der Waals surface area contributed by atoms with E-state index < -0.39 is 0 Å². The molecular weight excluding hydrogens is 360 g/mol. The molecule has 0 amide bonds. The van der Waals surface area contributed by atoms with Gasteiger partial charge in [0, 0.05) is 11.9 Å². The van der Waals surface area contributed by atoms with Crippen molar-refractivity contribution in [2.75, 3.05) is 5.32 Å². The highest BCUT2D eigenvalue weighted by atomic mass is 15.2. The summed E-state index contributed by atoms with van der Waals surface area (Å²) in [7, 11) is 0. The number of nitrogens with zero attached hydrogens (tertiary/aromatic N) is 3. The maximum Gasteiger partial charge on any atom is 0.200 e. The summed E-state index contributed by atoms with van der Waals surface area (Å²) >= 11 is 0. The van der Waals surface area contributed by atoms with Crippen LogP contribution >= 0.6 is 0 Å². The van der Waals surface area contributed by atoms with Crippen LogP contribution in [-0.4, -0.2) is 17.0 Å². The number of guanidine groups is 1. The number of allylic oxidation sites excluding steroid dienone is 2. The summed E-state index contributed by atoms with van der Waals surface area (Å²) in [6, 6.07) is 18.2. The van der Waals surface area contributed by atoms with Gasteiger partial charge in [-0.15, -0.1) is 0 Å². The molecule has 146 valence electrons. The average Bonchev–Trinajstić information content (AvgIpc) is 3.25. The normalized spacial score (nSPS) is 19.7. The highest BCUT2D eigenvalue weighted by Crippen LogP contribution is 2.25. The van der Waals surface area contributed by atoms with E-state index in [4.69, 9.17) is 4.99 Å². The quantitative estimate of drug-likeness (QED) is 0.678. The fourth-order valence-electron chi connectivity index (χ4n) is 3.60. The Morgan fingerprint density at radius 1 is 1.14 bits per heavy atom. The zero-order chi connectivity index (χ0) is 20.1. The molecular formula is C23H24N6. The molecule has 6 nitrogen and oxygen atoms in total. The Balaban J connectivity index is 1.64. The number of nitriles is 1. The lowest BCUT2D eigenvalue weighted by atomic mass is 10.0. The second-order valence-corrected chi connectivity index (χ2v) is 7.27. The molecule has 3 N–H and O–H groups in total. The Hall–Kier alpha value is -3.59. The van der Waals surface area contributed by atoms with Gasteiger partial charge in [-0.25, -0.2) is 9.98 Å². The number of pyridine rings is 1. The Kier molecular flexibility index (Phi) is 5.57. The average molecular weight is 384 g/mol. The third kappa shape index (κ3) is 4.46. The number of aliphatic imine (C=N–C) groups is 1. The first-order valence-corrected chi connectivity index (χ1v) is 9.95. The van der Waals surface area contributed by atoms with Crippen LogP contribution in [0.3, 0.4) is 0 Å². The first kappa shape index (κ1) is 18.8. The van der Waals surface area contributed by atoms with Gasteiger partial charge in [-0.2, -0.15) is 5.26 Å². The third-order valence-corrected chi connectivity index (χ3v) is 5.11. The predicted octanol–water partition coefficient (Wildman–Crippen LogP) is 4.46. The van der Waals surface area contributed by atoms with Crippen LogP contribution in [0.2, 0.25) is 0 Å². The Morgan fingerprint density at radius 3 is 2.69 bits per heavy atom. The van der Waals surface area contributed by atoms with E-state index in [1.54, 1.807) is 0 Å². The lowest BCUT2D eigenvalue weighted by Gasteiger charge is -2.22. The van der Waals surface area contributed by atoms with Gasteiger partial charge in [-0.3, -0.25) is 0 Å². The van der Waals surface area contributed by atoms with Crippen LogP contribution in [0.4, 0.5) is 11.5 Å². The van der Waals surface area contributed by atoms with E-state index in [2.05, 4.69) is 27.0 Å². The Morgan fingerprint density at radius 2 is 1.93 bits per heavy atom. The topological polar surface area (TPSA) is 85.1 Å². The monoisotopic (exact) mass is 384 g/mol. The van der Waals surface area contributed by atoms with Crippen molar-refractivity contribution >= 4 is 23.0 Å². The number of para-hydroxylation sites is 1. The van der Waals surface area contributed by atoms with Crippen molar-refractivity contribution in [3.8, 4) is 6.07 Å². The van der Waals surface area contributed by atoms with E-state index in [9.17, 15) is 5.26 Å². The van der Waals surface area contributed by atoms with Gasteiger partial charge in [0.05, 0.1) is 17.4 Å². The minimum absolute atomic E-state index is 0.347. The molecule has 1 aliphatic carbocycles. The first-order chi connectivity index (χ1) is 14.2. The molecule has 29 heavy (non-hydrogen) atoms. The molecule has 1 aliphatic heterocycles. The first-order valence-electron chi connectivity index (χ1n) is 9.95. The maximum atomic E-state index is 9.90. The zero-order valence-electron chi connectivity index (χ0n) is 16.4. The van der Waals surface area contributed by atoms with Crippen LogP contribution in [0.5, 0.6) is 0 Å². The van der Waals surface area contributed by atoms with Crippen molar-refractivity contribution in [1.82, 2.24) is 15.6 Å². The van der Waals surface area contributed by atoms with Gasteiger partial charge in [0.1, 0.15) is 17.5 Å². The van der Waals surface area contributed by atoms with E-state index in [0.717, 1.165) is 29.8 Å². The van der Waals surface area contributed by atoms with Gasteiger partial charge in [0.15, 0.2) is 5.96 Å². The largest absolute Gasteiger partial charge is 0.340 e. The molecule has 4 rings (SSSR count). The van der Waals surface area contributed by atoms with Gasteiger partial charge in [-0.1, -0.05) is 37.1 Å². The fraction of sp³-hybridized carbons (Fsp3) is 0.261. The molecule has 0 bridgehead atoms. The molecule has 0 radical (unpaired) electrons. The van der Waals surface area contributed by atoms with Crippen LogP contribution in [0, 0.1) is 11.3 Å². The van der Waals surface area contributed by atoms with Crippen molar-refractivity contribution in [3.05, 3.63) is 71.7 Å². The number of rotatable bonds is 4. The highest BCUT2D eigenvalue weighted by molar-refractivity contribution is 5.91. The lowest BCUT2D eigenvalue weighted by molar-refractivity contribution is 0.696. The SMILES string of the molecule is CC1=CNC(=NC2CCCC2)N/C1=C(\C#N)c1cccc(Nc2ccccc2)n1. The molecule has 6 heteroatoms. The number of aromatic nitrogens is 1. The molecule has 0 spiro atoms. The molecule has 2 heterocycles. The van der Waals surface area contributed by atoms with Crippen LogP contribution in [0.25, 0.3) is 5.57 Å². The van der Waals surface area contributed by atoms with Crippen molar-refractivity contribution in [2.24, 2.45) is 4.99 Å². The fourth-order valence-corrected chi connectivity index (χ4v) is 3.60. The summed E-state index contributed by atoms with van der Waals surface area (Å²) < 4.78 is 0. The molecule has 0 saturated heterocycles. The van der Waals surface area contributed by atoms with E-state index in [1.807, 2.05) is 61.7 Å². The minimum Gasteiger partial charge on any atom is -0.340 e. The molecule has 1 fully saturated rings. The lowest BCUT2D eigenvalue weighted by Crippen LogP contribution is -2.39. The number of hydrogen-bond acceptors (Lipinski definition) is 4. The van der Waals surface area contributed by atoms with E-state index in [1.165, 1.54) is 12.8 Å². The zero-order valence-corrected chi connectivity index (χ0v) is 16.4. The molecule has 2 aromatic rings. The van der Waals surface area contributed by atoms with Gasteiger partial charge < -0.3 is 16.0 Å². The van der Waals surface area contributed by atoms with Gasteiger partial charge in [-0.05, 0) is 49.6 Å². The van der Waals surface area contributed by atoms with Gasteiger partial charge in [0.2, 0.25) is 0 Å². The third-order valence-electron chi connectivity index (χ3n) is 5.11. The summed E-state index contributed by atoms with van der Waals surface area (Å²) in [6.45, 7) is 1.96. The summed E-state index contributed by atoms with van der Waals surface area (Å²) in [5, 5.41) is 19.7. The molecule has 0 unspecified atom stereocenters. The highest BCUT2D eigenvalue weighted by Gasteiger charge is 2.20. The Bertz CT molecular complexity index is 1010. The predicted molar refractivity (Wildman–Crippen MR) is 116 cm³/mol.